The van der Waals surface area contributed by atoms with Crippen molar-refractivity contribution in [1.82, 2.24) is 4.98 Å². The summed E-state index contributed by atoms with van der Waals surface area (Å²) < 4.78 is 75.2. The van der Waals surface area contributed by atoms with E-state index in [2.05, 4.69) is 4.98 Å². The fraction of sp³-hybridized carbons (Fsp3) is 0.643. The fourth-order valence-corrected chi connectivity index (χ4v) is 1.64. The molecule has 0 aromatic carbocycles. The lowest BCUT2D eigenvalue weighted by Crippen LogP contribution is -2.41. The number of pyridine rings is 1. The van der Waals surface area contributed by atoms with Crippen molar-refractivity contribution < 1.29 is 20.3 Å². The van der Waals surface area contributed by atoms with Gasteiger partial charge in [0.15, 0.2) is 0 Å². The van der Waals surface area contributed by atoms with Gasteiger partial charge >= 0.3 is 7.12 Å². The highest BCUT2D eigenvalue weighted by atomic mass is 16.7. The van der Waals surface area contributed by atoms with Crippen LogP contribution in [0.2, 0.25) is 0 Å². The molecule has 0 bridgehead atoms. The van der Waals surface area contributed by atoms with E-state index in [0.29, 0.717) is 0 Å². The van der Waals surface area contributed by atoms with E-state index < -0.39 is 60.9 Å². The van der Waals surface area contributed by atoms with Crippen LogP contribution in [0.5, 0.6) is 0 Å². The third-order valence-electron chi connectivity index (χ3n) is 3.58. The lowest BCUT2D eigenvalue weighted by Gasteiger charge is -2.32. The maximum absolute atomic E-state index is 8.23. The highest BCUT2D eigenvalue weighted by molar-refractivity contribution is 6.62. The smallest absolute Gasteiger partial charge is 0.399 e. The molecule has 3 rings (SSSR count). The average Bonchev–Trinajstić information content (AvgIpc) is 2.67. The number of hydrogen-bond donors (Lipinski definition) is 0. The monoisotopic (exact) mass is 253 g/mol. The first-order valence-electron chi connectivity index (χ1n) is 9.87. The fourth-order valence-electron chi connectivity index (χ4n) is 1.64. The van der Waals surface area contributed by atoms with Crippen LogP contribution in [0.1, 0.15) is 63.0 Å². The van der Waals surface area contributed by atoms with E-state index in [4.69, 9.17) is 20.3 Å². The van der Waals surface area contributed by atoms with Gasteiger partial charge in [-0.25, -0.2) is 0 Å². The predicted molar refractivity (Wildman–Crippen MR) is 71.9 cm³/mol. The van der Waals surface area contributed by atoms with Crippen LogP contribution in [0.3, 0.4) is 0 Å². The van der Waals surface area contributed by atoms with Crippen molar-refractivity contribution in [3.8, 4) is 0 Å². The van der Waals surface area contributed by atoms with E-state index in [-0.39, 0.29) is 5.46 Å². The Balaban J connectivity index is 2.10. The third-order valence-corrected chi connectivity index (χ3v) is 3.58. The standard InChI is InChI=1S/C14H20BNO2/c1-13(2)14(3,4)18-15(17-13)11-7-8-12(16-9-11)10-5-6-10/h7-10H,5-6H2,1-4H3/i5D2,6D2,7D,8D,9D,10D. The zero-order valence-electron chi connectivity index (χ0n) is 18.8. The Morgan fingerprint density at radius 1 is 1.33 bits per heavy atom. The molecule has 96 valence electrons. The summed E-state index contributed by atoms with van der Waals surface area (Å²) in [4.78, 5) is 3.83. The molecule has 0 N–H and O–H groups in total. The molecule has 1 aromatic heterocycles. The van der Waals surface area contributed by atoms with Crippen LogP contribution in [-0.4, -0.2) is 23.3 Å². The van der Waals surface area contributed by atoms with Gasteiger partial charge in [-0.3, -0.25) is 4.98 Å². The molecule has 18 heavy (non-hydrogen) atoms. The minimum atomic E-state index is -2.56. The van der Waals surface area contributed by atoms with Crippen LogP contribution in [0.4, 0.5) is 0 Å². The lowest BCUT2D eigenvalue weighted by atomic mass is 9.80. The molecular formula is C14H20BNO2. The van der Waals surface area contributed by atoms with Crippen LogP contribution in [0.25, 0.3) is 0 Å². The molecule has 0 amide bonds. The first kappa shape index (κ1) is 6.06. The van der Waals surface area contributed by atoms with Gasteiger partial charge in [0.2, 0.25) is 0 Å². The molecule has 2 heterocycles. The summed E-state index contributed by atoms with van der Waals surface area (Å²) >= 11 is 0. The molecule has 1 aliphatic carbocycles. The molecule has 0 spiro atoms. The minimum absolute atomic E-state index is 0.0808. The van der Waals surface area contributed by atoms with Gasteiger partial charge in [-0.1, -0.05) is 6.04 Å². The Morgan fingerprint density at radius 3 is 2.50 bits per heavy atom. The molecule has 0 atom stereocenters. The molecule has 1 aromatic rings. The van der Waals surface area contributed by atoms with E-state index in [1.165, 1.54) is 0 Å². The zero-order valence-corrected chi connectivity index (χ0v) is 10.8. The third kappa shape index (κ3) is 1.97. The van der Waals surface area contributed by atoms with Crippen molar-refractivity contribution in [3.63, 3.8) is 0 Å². The van der Waals surface area contributed by atoms with Gasteiger partial charge in [0.05, 0.1) is 15.3 Å². The molecule has 1 saturated carbocycles. The molecule has 1 aliphatic heterocycles. The van der Waals surface area contributed by atoms with Gasteiger partial charge in [0.25, 0.3) is 0 Å². The summed E-state index contributed by atoms with van der Waals surface area (Å²) in [6.07, 6.45) is -5.61. The first-order chi connectivity index (χ1) is 11.5. The van der Waals surface area contributed by atoms with Crippen molar-refractivity contribution in [3.05, 3.63) is 24.0 Å². The molecular weight excluding hydrogens is 225 g/mol. The van der Waals surface area contributed by atoms with E-state index >= 15 is 0 Å². The predicted octanol–water partition coefficient (Wildman–Crippen LogP) is 2.26. The molecule has 2 fully saturated rings. The largest absolute Gasteiger partial charge is 0.496 e. The summed E-state index contributed by atoms with van der Waals surface area (Å²) in [7, 11) is -1.10. The van der Waals surface area contributed by atoms with Gasteiger partial charge < -0.3 is 9.31 Å². The summed E-state index contributed by atoms with van der Waals surface area (Å²) in [5.74, 6) is -2.43. The van der Waals surface area contributed by atoms with E-state index in [0.717, 1.165) is 0 Å². The number of nitrogens with zero attached hydrogens (tertiary/aromatic N) is 1. The Labute approximate surface area is 120 Å². The topological polar surface area (TPSA) is 31.4 Å². The Bertz CT molecular complexity index is 768. The summed E-state index contributed by atoms with van der Waals surface area (Å²) in [5.41, 5.74) is -2.08. The average molecular weight is 253 g/mol. The van der Waals surface area contributed by atoms with Crippen molar-refractivity contribution in [1.29, 1.82) is 0 Å². The zero-order chi connectivity index (χ0) is 20.1. The highest BCUT2D eigenvalue weighted by Gasteiger charge is 2.51. The number of rotatable bonds is 2. The molecule has 2 aliphatic rings. The SMILES string of the molecule is [2H]c1nc(C2([2H])C([2H])([2H])C2([2H])[2H])c([2H])c([2H])c1B1OC(C)(C)C(C)(C)O1. The first-order valence-corrected chi connectivity index (χ1v) is 5.87. The van der Waals surface area contributed by atoms with E-state index in [1.54, 1.807) is 27.7 Å². The quantitative estimate of drug-likeness (QED) is 0.757. The van der Waals surface area contributed by atoms with Crippen molar-refractivity contribution in [2.45, 2.75) is 57.5 Å². The molecule has 1 saturated heterocycles. The Hall–Kier alpha value is -0.865. The van der Waals surface area contributed by atoms with Crippen LogP contribution in [-0.2, 0) is 9.31 Å². The normalized spacial score (nSPS) is 39.2. The van der Waals surface area contributed by atoms with Crippen LogP contribution in [0, 0.1) is 0 Å². The maximum atomic E-state index is 8.23. The van der Waals surface area contributed by atoms with Crippen molar-refractivity contribution >= 4 is 12.6 Å². The number of hydrogen-bond acceptors (Lipinski definition) is 3. The molecule has 0 unspecified atom stereocenters. The molecule has 3 nitrogen and oxygen atoms in total. The highest BCUT2D eigenvalue weighted by Crippen LogP contribution is 2.39. The second kappa shape index (κ2) is 3.81. The van der Waals surface area contributed by atoms with E-state index in [9.17, 15) is 0 Å². The summed E-state index contributed by atoms with van der Waals surface area (Å²) in [5, 5.41) is 0. The number of aromatic nitrogens is 1. The van der Waals surface area contributed by atoms with Gasteiger partial charge in [-0.05, 0) is 46.5 Å². The minimum Gasteiger partial charge on any atom is -0.399 e. The van der Waals surface area contributed by atoms with Crippen LogP contribution in [0.15, 0.2) is 18.3 Å². The van der Waals surface area contributed by atoms with Gasteiger partial charge in [-0.15, -0.1) is 0 Å². The lowest BCUT2D eigenvalue weighted by molar-refractivity contribution is 0.00578. The Morgan fingerprint density at radius 2 is 1.94 bits per heavy atom. The van der Waals surface area contributed by atoms with Crippen LogP contribution < -0.4 is 5.46 Å². The van der Waals surface area contributed by atoms with Gasteiger partial charge in [-0.2, -0.15) is 0 Å². The van der Waals surface area contributed by atoms with Crippen molar-refractivity contribution in [2.75, 3.05) is 0 Å². The van der Waals surface area contributed by atoms with Gasteiger partial charge in [0.1, 0.15) is 0 Å². The summed E-state index contributed by atoms with van der Waals surface area (Å²) in [6.45, 7) is 7.21. The second-order valence-corrected chi connectivity index (χ2v) is 5.45. The van der Waals surface area contributed by atoms with Crippen LogP contribution >= 0.6 is 0 Å². The van der Waals surface area contributed by atoms with E-state index in [1.807, 2.05) is 0 Å². The molecule has 0 radical (unpaired) electrons. The second-order valence-electron chi connectivity index (χ2n) is 5.45. The Kier molecular flexibility index (Phi) is 1.28. The molecule has 4 heteroatoms. The van der Waals surface area contributed by atoms with Crippen molar-refractivity contribution in [2.24, 2.45) is 0 Å². The van der Waals surface area contributed by atoms with Gasteiger partial charge in [0, 0.05) is 30.1 Å². The summed E-state index contributed by atoms with van der Waals surface area (Å²) in [6, 6.07) is -1.06. The maximum Gasteiger partial charge on any atom is 0.496 e.